The van der Waals surface area contributed by atoms with Gasteiger partial charge in [-0.15, -0.1) is 0 Å². The summed E-state index contributed by atoms with van der Waals surface area (Å²) in [5.74, 6) is 0.734. The molecule has 0 saturated heterocycles. The summed E-state index contributed by atoms with van der Waals surface area (Å²) in [4.78, 5) is 36.3. The Bertz CT molecular complexity index is 922. The highest BCUT2D eigenvalue weighted by Crippen LogP contribution is 2.25. The van der Waals surface area contributed by atoms with Gasteiger partial charge < -0.3 is 9.47 Å². The van der Waals surface area contributed by atoms with Crippen LogP contribution in [0.2, 0.25) is 0 Å². The lowest BCUT2D eigenvalue weighted by molar-refractivity contribution is 0.0748. The fourth-order valence-corrected chi connectivity index (χ4v) is 3.22. The molecule has 0 aromatic carbocycles. The normalized spacial score (nSPS) is 14.0. The van der Waals surface area contributed by atoms with Crippen molar-refractivity contribution < 1.29 is 4.79 Å². The number of carbonyl (C=O) groups is 1. The van der Waals surface area contributed by atoms with Gasteiger partial charge in [0.1, 0.15) is 11.4 Å². The number of amides is 1. The summed E-state index contributed by atoms with van der Waals surface area (Å²) in [6.07, 6.45) is 1.80. The Morgan fingerprint density at radius 3 is 2.50 bits per heavy atom. The zero-order chi connectivity index (χ0) is 19.2. The molecule has 0 fully saturated rings. The van der Waals surface area contributed by atoms with Crippen LogP contribution in [0.4, 0.5) is 0 Å². The van der Waals surface area contributed by atoms with Crippen molar-refractivity contribution in [1.82, 2.24) is 19.4 Å². The van der Waals surface area contributed by atoms with Crippen molar-refractivity contribution in [3.05, 3.63) is 57.0 Å². The molecule has 2 aromatic heterocycles. The predicted molar refractivity (Wildman–Crippen MR) is 100 cm³/mol. The number of nitrogens with zero attached hydrogens (tertiary/aromatic N) is 4. The van der Waals surface area contributed by atoms with Crippen molar-refractivity contribution in [2.75, 3.05) is 0 Å². The van der Waals surface area contributed by atoms with Crippen molar-refractivity contribution >= 4 is 5.91 Å². The first kappa shape index (κ1) is 18.3. The van der Waals surface area contributed by atoms with Gasteiger partial charge >= 0.3 is 0 Å². The van der Waals surface area contributed by atoms with Gasteiger partial charge in [-0.25, -0.2) is 9.97 Å². The van der Waals surface area contributed by atoms with Gasteiger partial charge in [0.15, 0.2) is 0 Å². The molecule has 0 bridgehead atoms. The van der Waals surface area contributed by atoms with Crippen molar-refractivity contribution in [2.45, 2.75) is 59.0 Å². The molecule has 1 amide bonds. The maximum Gasteiger partial charge on any atom is 0.263 e. The zero-order valence-electron chi connectivity index (χ0n) is 16.3. The van der Waals surface area contributed by atoms with Gasteiger partial charge in [0, 0.05) is 36.5 Å². The largest absolute Gasteiger partial charge is 0.328 e. The first-order chi connectivity index (χ1) is 12.1. The molecule has 0 unspecified atom stereocenters. The van der Waals surface area contributed by atoms with Gasteiger partial charge in [-0.05, 0) is 18.1 Å². The van der Waals surface area contributed by atoms with E-state index >= 15 is 0 Å². The minimum absolute atomic E-state index is 0.144. The van der Waals surface area contributed by atoms with E-state index in [1.807, 2.05) is 19.9 Å². The standard InChI is InChI=1S/C20H26N4O2/c1-12(2)16-8-7-14(17(25)23(16)6)18(26)24-10-13-9-21-19(20(3,4)5)22-15(13)11-24/h7-9,12H,10-11H2,1-6H3. The van der Waals surface area contributed by atoms with Crippen molar-refractivity contribution in [3.8, 4) is 0 Å². The predicted octanol–water partition coefficient (Wildman–Crippen LogP) is 2.75. The summed E-state index contributed by atoms with van der Waals surface area (Å²) < 4.78 is 1.57. The van der Waals surface area contributed by atoms with Crippen LogP contribution in [0.15, 0.2) is 23.1 Å². The Balaban J connectivity index is 1.89. The first-order valence-corrected chi connectivity index (χ1v) is 8.94. The molecule has 0 radical (unpaired) electrons. The molecule has 0 atom stereocenters. The van der Waals surface area contributed by atoms with Crippen LogP contribution in [0.1, 0.15) is 73.7 Å². The van der Waals surface area contributed by atoms with Gasteiger partial charge in [-0.2, -0.15) is 0 Å². The maximum atomic E-state index is 12.9. The van der Waals surface area contributed by atoms with Gasteiger partial charge in [0.25, 0.3) is 11.5 Å². The number of pyridine rings is 1. The van der Waals surface area contributed by atoms with Gasteiger partial charge in [-0.3, -0.25) is 9.59 Å². The second-order valence-corrected chi connectivity index (χ2v) is 8.27. The third-order valence-corrected chi connectivity index (χ3v) is 4.78. The van der Waals surface area contributed by atoms with E-state index in [4.69, 9.17) is 0 Å². The summed E-state index contributed by atoms with van der Waals surface area (Å²) in [5, 5.41) is 0. The lowest BCUT2D eigenvalue weighted by Crippen LogP contribution is -2.34. The average Bonchev–Trinajstić information content (AvgIpc) is 2.98. The highest BCUT2D eigenvalue weighted by Gasteiger charge is 2.29. The number of fused-ring (bicyclic) bond motifs is 1. The zero-order valence-corrected chi connectivity index (χ0v) is 16.3. The van der Waals surface area contributed by atoms with E-state index in [1.165, 1.54) is 0 Å². The van der Waals surface area contributed by atoms with Crippen LogP contribution in [-0.2, 0) is 25.6 Å². The molecular formula is C20H26N4O2. The minimum atomic E-state index is -0.254. The average molecular weight is 354 g/mol. The maximum absolute atomic E-state index is 12.9. The van der Waals surface area contributed by atoms with E-state index in [0.717, 1.165) is 22.8 Å². The summed E-state index contributed by atoms with van der Waals surface area (Å²) in [6.45, 7) is 11.1. The van der Waals surface area contributed by atoms with E-state index in [0.29, 0.717) is 13.1 Å². The molecule has 138 valence electrons. The van der Waals surface area contributed by atoms with Gasteiger partial charge in [0.05, 0.1) is 12.2 Å². The van der Waals surface area contributed by atoms with E-state index in [1.54, 1.807) is 28.8 Å². The minimum Gasteiger partial charge on any atom is -0.328 e. The van der Waals surface area contributed by atoms with Crippen LogP contribution in [0.3, 0.4) is 0 Å². The Morgan fingerprint density at radius 1 is 1.19 bits per heavy atom. The Morgan fingerprint density at radius 2 is 1.88 bits per heavy atom. The Kier molecular flexibility index (Phi) is 4.46. The number of carbonyl (C=O) groups excluding carboxylic acids is 1. The van der Waals surface area contributed by atoms with E-state index < -0.39 is 0 Å². The van der Waals surface area contributed by atoms with Crippen molar-refractivity contribution in [1.29, 1.82) is 0 Å². The Labute approximate surface area is 153 Å². The van der Waals surface area contributed by atoms with Crippen LogP contribution < -0.4 is 5.56 Å². The molecule has 1 aliphatic rings. The third-order valence-electron chi connectivity index (χ3n) is 4.78. The van der Waals surface area contributed by atoms with E-state index in [9.17, 15) is 9.59 Å². The molecule has 6 nitrogen and oxygen atoms in total. The smallest absolute Gasteiger partial charge is 0.263 e. The molecular weight excluding hydrogens is 328 g/mol. The number of rotatable bonds is 2. The lowest BCUT2D eigenvalue weighted by Gasteiger charge is -2.17. The summed E-state index contributed by atoms with van der Waals surface area (Å²) in [7, 11) is 1.72. The van der Waals surface area contributed by atoms with Crippen LogP contribution in [0.5, 0.6) is 0 Å². The second-order valence-electron chi connectivity index (χ2n) is 8.27. The molecule has 2 aromatic rings. The molecule has 0 saturated carbocycles. The highest BCUT2D eigenvalue weighted by atomic mass is 16.2. The molecule has 1 aliphatic heterocycles. The van der Waals surface area contributed by atoms with Crippen LogP contribution >= 0.6 is 0 Å². The second kappa shape index (κ2) is 6.34. The quantitative estimate of drug-likeness (QED) is 0.832. The lowest BCUT2D eigenvalue weighted by atomic mass is 9.95. The summed E-state index contributed by atoms with van der Waals surface area (Å²) in [5.41, 5.74) is 2.54. The van der Waals surface area contributed by atoms with E-state index in [-0.39, 0.29) is 28.4 Å². The van der Waals surface area contributed by atoms with Crippen LogP contribution in [0, 0.1) is 0 Å². The molecule has 3 heterocycles. The molecule has 0 spiro atoms. The van der Waals surface area contributed by atoms with Crippen molar-refractivity contribution in [2.24, 2.45) is 7.05 Å². The first-order valence-electron chi connectivity index (χ1n) is 8.94. The molecule has 0 aliphatic carbocycles. The Hall–Kier alpha value is -2.50. The number of hydrogen-bond donors (Lipinski definition) is 0. The van der Waals surface area contributed by atoms with Crippen LogP contribution in [-0.4, -0.2) is 25.3 Å². The topological polar surface area (TPSA) is 68.1 Å². The monoisotopic (exact) mass is 354 g/mol. The third kappa shape index (κ3) is 3.16. The van der Waals surface area contributed by atoms with Gasteiger partial charge in [0.2, 0.25) is 0 Å². The summed E-state index contributed by atoms with van der Waals surface area (Å²) in [6, 6.07) is 3.51. The van der Waals surface area contributed by atoms with Crippen LogP contribution in [0.25, 0.3) is 0 Å². The SMILES string of the molecule is CC(C)c1ccc(C(=O)N2Cc3cnc(C(C)(C)C)nc3C2)c(=O)n1C. The fourth-order valence-electron chi connectivity index (χ4n) is 3.22. The fraction of sp³-hybridized carbons (Fsp3) is 0.500. The highest BCUT2D eigenvalue weighted by molar-refractivity contribution is 5.94. The molecule has 3 rings (SSSR count). The molecule has 0 N–H and O–H groups in total. The number of hydrogen-bond acceptors (Lipinski definition) is 4. The van der Waals surface area contributed by atoms with Gasteiger partial charge in [-0.1, -0.05) is 34.6 Å². The number of aromatic nitrogens is 3. The van der Waals surface area contributed by atoms with Crippen molar-refractivity contribution in [3.63, 3.8) is 0 Å². The van der Waals surface area contributed by atoms with E-state index in [2.05, 4.69) is 30.7 Å². The molecule has 26 heavy (non-hydrogen) atoms. The molecule has 6 heteroatoms. The summed E-state index contributed by atoms with van der Waals surface area (Å²) >= 11 is 0.